The summed E-state index contributed by atoms with van der Waals surface area (Å²) >= 11 is 0. The normalized spacial score (nSPS) is 30.3. The lowest BCUT2D eigenvalue weighted by atomic mass is 9.64. The number of hydrogen-bond donors (Lipinski definition) is 2. The van der Waals surface area contributed by atoms with Crippen LogP contribution in [-0.4, -0.2) is 28.2 Å². The minimum Gasteiger partial charge on any atom is -0.393 e. The monoisotopic (exact) mass is 282 g/mol. The standard InChI is InChI=1S/C17H30O3/c1-12(6-5-7-13(2)18)8-9-14-15(19)10-11-16(20)17(14,3)4/h6,14-16,19-20H,5,7-11H2,1-4H3/b12-6+/t14-,15+,16+/m1/s1. The van der Waals surface area contributed by atoms with Crippen molar-refractivity contribution in [2.24, 2.45) is 11.3 Å². The summed E-state index contributed by atoms with van der Waals surface area (Å²) in [5.41, 5.74) is 1.05. The van der Waals surface area contributed by atoms with Gasteiger partial charge in [0, 0.05) is 6.42 Å². The van der Waals surface area contributed by atoms with Crippen LogP contribution in [0, 0.1) is 11.3 Å². The highest BCUT2D eigenvalue weighted by molar-refractivity contribution is 5.75. The predicted octanol–water partition coefficient (Wildman–Crippen LogP) is 3.24. The molecular formula is C17H30O3. The lowest BCUT2D eigenvalue weighted by molar-refractivity contribution is -0.116. The third-order valence-electron chi connectivity index (χ3n) is 4.85. The first-order chi connectivity index (χ1) is 9.25. The molecule has 1 rings (SSSR count). The van der Waals surface area contributed by atoms with Gasteiger partial charge in [-0.05, 0) is 57.3 Å². The Bertz CT molecular complexity index is 357. The summed E-state index contributed by atoms with van der Waals surface area (Å²) in [6.45, 7) is 7.81. The van der Waals surface area contributed by atoms with Crippen LogP contribution in [0.4, 0.5) is 0 Å². The fourth-order valence-electron chi connectivity index (χ4n) is 3.22. The van der Waals surface area contributed by atoms with Crippen molar-refractivity contribution in [1.29, 1.82) is 0 Å². The fourth-order valence-corrected chi connectivity index (χ4v) is 3.22. The van der Waals surface area contributed by atoms with E-state index in [4.69, 9.17) is 0 Å². The minimum absolute atomic E-state index is 0.141. The number of hydrogen-bond acceptors (Lipinski definition) is 3. The van der Waals surface area contributed by atoms with Gasteiger partial charge in [0.2, 0.25) is 0 Å². The van der Waals surface area contributed by atoms with Crippen LogP contribution in [0.15, 0.2) is 11.6 Å². The molecule has 2 N–H and O–H groups in total. The zero-order chi connectivity index (χ0) is 15.3. The van der Waals surface area contributed by atoms with Crippen LogP contribution in [0.2, 0.25) is 0 Å². The van der Waals surface area contributed by atoms with E-state index < -0.39 is 0 Å². The van der Waals surface area contributed by atoms with E-state index in [9.17, 15) is 15.0 Å². The van der Waals surface area contributed by atoms with Crippen LogP contribution in [0.25, 0.3) is 0 Å². The molecule has 3 atom stereocenters. The lowest BCUT2D eigenvalue weighted by Crippen LogP contribution is -2.47. The molecule has 0 aromatic heterocycles. The molecule has 1 aliphatic rings. The van der Waals surface area contributed by atoms with Gasteiger partial charge >= 0.3 is 0 Å². The van der Waals surface area contributed by atoms with Crippen molar-refractivity contribution < 1.29 is 15.0 Å². The number of Topliss-reactive ketones (excluding diaryl/α,β-unsaturated/α-hetero) is 1. The van der Waals surface area contributed by atoms with Crippen LogP contribution < -0.4 is 0 Å². The molecule has 0 amide bonds. The zero-order valence-electron chi connectivity index (χ0n) is 13.4. The summed E-state index contributed by atoms with van der Waals surface area (Å²) < 4.78 is 0. The average molecular weight is 282 g/mol. The van der Waals surface area contributed by atoms with Gasteiger partial charge in [0.25, 0.3) is 0 Å². The molecule has 0 heterocycles. The first-order valence-corrected chi connectivity index (χ1v) is 7.76. The van der Waals surface area contributed by atoms with E-state index in [-0.39, 0.29) is 29.3 Å². The summed E-state index contributed by atoms with van der Waals surface area (Å²) in [4.78, 5) is 10.9. The molecule has 1 saturated carbocycles. The van der Waals surface area contributed by atoms with E-state index in [0.29, 0.717) is 19.3 Å². The molecular weight excluding hydrogens is 252 g/mol. The molecule has 0 spiro atoms. The second-order valence-corrected chi connectivity index (χ2v) is 6.92. The van der Waals surface area contributed by atoms with Crippen molar-refractivity contribution >= 4 is 5.78 Å². The van der Waals surface area contributed by atoms with E-state index in [1.165, 1.54) is 5.57 Å². The molecule has 1 fully saturated rings. The molecule has 0 aromatic rings. The van der Waals surface area contributed by atoms with Gasteiger partial charge in [-0.1, -0.05) is 25.5 Å². The maximum atomic E-state index is 10.9. The van der Waals surface area contributed by atoms with Gasteiger partial charge in [0.1, 0.15) is 5.78 Å². The second-order valence-electron chi connectivity index (χ2n) is 6.92. The maximum Gasteiger partial charge on any atom is 0.130 e. The van der Waals surface area contributed by atoms with E-state index in [0.717, 1.165) is 19.3 Å². The quantitative estimate of drug-likeness (QED) is 0.735. The number of aliphatic hydroxyl groups excluding tert-OH is 2. The van der Waals surface area contributed by atoms with Crippen LogP contribution in [0.1, 0.15) is 66.2 Å². The van der Waals surface area contributed by atoms with Gasteiger partial charge in [-0.2, -0.15) is 0 Å². The van der Waals surface area contributed by atoms with E-state index in [1.54, 1.807) is 6.92 Å². The fraction of sp³-hybridized carbons (Fsp3) is 0.824. The Morgan fingerprint density at radius 2 is 1.85 bits per heavy atom. The van der Waals surface area contributed by atoms with Crippen LogP contribution in [0.3, 0.4) is 0 Å². The zero-order valence-corrected chi connectivity index (χ0v) is 13.4. The van der Waals surface area contributed by atoms with Crippen LogP contribution in [-0.2, 0) is 4.79 Å². The molecule has 3 nitrogen and oxygen atoms in total. The van der Waals surface area contributed by atoms with Gasteiger partial charge in [-0.3, -0.25) is 0 Å². The Balaban J connectivity index is 2.52. The first-order valence-electron chi connectivity index (χ1n) is 7.76. The van der Waals surface area contributed by atoms with Gasteiger partial charge in [0.15, 0.2) is 0 Å². The third-order valence-corrected chi connectivity index (χ3v) is 4.85. The van der Waals surface area contributed by atoms with Gasteiger partial charge < -0.3 is 15.0 Å². The summed E-state index contributed by atoms with van der Waals surface area (Å²) in [5.74, 6) is 0.364. The molecule has 0 aromatic carbocycles. The molecule has 20 heavy (non-hydrogen) atoms. The highest BCUT2D eigenvalue weighted by Gasteiger charge is 2.43. The van der Waals surface area contributed by atoms with Crippen molar-refractivity contribution in [2.45, 2.75) is 78.4 Å². The van der Waals surface area contributed by atoms with E-state index >= 15 is 0 Å². The van der Waals surface area contributed by atoms with Crippen LogP contribution >= 0.6 is 0 Å². The summed E-state index contributed by atoms with van der Waals surface area (Å²) in [6, 6.07) is 0. The molecule has 1 aliphatic carbocycles. The van der Waals surface area contributed by atoms with E-state index in [2.05, 4.69) is 26.8 Å². The Hall–Kier alpha value is -0.670. The number of allylic oxidation sites excluding steroid dienone is 2. The highest BCUT2D eigenvalue weighted by Crippen LogP contribution is 2.43. The Kier molecular flexibility index (Phi) is 6.41. The summed E-state index contributed by atoms with van der Waals surface area (Å²) in [5, 5.41) is 20.3. The Morgan fingerprint density at radius 3 is 2.45 bits per heavy atom. The van der Waals surface area contributed by atoms with Crippen molar-refractivity contribution in [3.05, 3.63) is 11.6 Å². The summed E-state index contributed by atoms with van der Waals surface area (Å²) in [6.07, 6.45) is 6.12. The number of ketones is 1. The SMILES string of the molecule is CC(=O)CC/C=C(\C)CC[C@@H]1[C@@H](O)CC[C@H](O)C1(C)C. The highest BCUT2D eigenvalue weighted by atomic mass is 16.3. The third kappa shape index (κ3) is 4.71. The van der Waals surface area contributed by atoms with Gasteiger partial charge in [-0.15, -0.1) is 0 Å². The Labute approximate surface area is 123 Å². The lowest BCUT2D eigenvalue weighted by Gasteiger charge is -2.45. The van der Waals surface area contributed by atoms with Crippen LogP contribution in [0.5, 0.6) is 0 Å². The second kappa shape index (κ2) is 7.37. The minimum atomic E-state index is -0.321. The molecule has 0 aliphatic heterocycles. The van der Waals surface area contributed by atoms with Crippen molar-refractivity contribution in [3.63, 3.8) is 0 Å². The van der Waals surface area contributed by atoms with Crippen molar-refractivity contribution in [2.75, 3.05) is 0 Å². The smallest absolute Gasteiger partial charge is 0.130 e. The summed E-state index contributed by atoms with van der Waals surface area (Å²) in [7, 11) is 0. The molecule has 0 radical (unpaired) electrons. The van der Waals surface area contributed by atoms with Gasteiger partial charge in [-0.25, -0.2) is 0 Å². The number of carbonyl (C=O) groups is 1. The average Bonchev–Trinajstić information content (AvgIpc) is 2.33. The van der Waals surface area contributed by atoms with Gasteiger partial charge in [0.05, 0.1) is 12.2 Å². The first kappa shape index (κ1) is 17.4. The molecule has 3 heteroatoms. The van der Waals surface area contributed by atoms with Crippen molar-refractivity contribution in [1.82, 2.24) is 0 Å². The molecule has 116 valence electrons. The molecule has 0 bridgehead atoms. The largest absolute Gasteiger partial charge is 0.393 e. The number of aliphatic hydroxyl groups is 2. The number of rotatable bonds is 6. The van der Waals surface area contributed by atoms with E-state index in [1.807, 2.05) is 0 Å². The maximum absolute atomic E-state index is 10.9. The van der Waals surface area contributed by atoms with Crippen molar-refractivity contribution in [3.8, 4) is 0 Å². The Morgan fingerprint density at radius 1 is 1.20 bits per heavy atom. The predicted molar refractivity (Wildman–Crippen MR) is 81.4 cm³/mol. The topological polar surface area (TPSA) is 57.5 Å². The molecule has 0 unspecified atom stereocenters. The molecule has 0 saturated heterocycles. The number of carbonyl (C=O) groups excluding carboxylic acids is 1.